The third-order valence-electron chi connectivity index (χ3n) is 6.56. The van der Waals surface area contributed by atoms with Crippen molar-refractivity contribution in [3.8, 4) is 11.5 Å². The number of esters is 1. The van der Waals surface area contributed by atoms with Gasteiger partial charge >= 0.3 is 5.97 Å². The van der Waals surface area contributed by atoms with E-state index in [-0.39, 0.29) is 19.8 Å². The van der Waals surface area contributed by atoms with Crippen LogP contribution in [0.15, 0.2) is 91.5 Å². The summed E-state index contributed by atoms with van der Waals surface area (Å²) >= 11 is 0. The second-order valence-electron chi connectivity index (χ2n) is 9.38. The van der Waals surface area contributed by atoms with Gasteiger partial charge in [0.05, 0.1) is 46.2 Å². The molecule has 4 rings (SSSR count). The minimum absolute atomic E-state index is 0.0445. The molecule has 9 heteroatoms. The summed E-state index contributed by atoms with van der Waals surface area (Å²) in [6, 6.07) is 23.4. The van der Waals surface area contributed by atoms with Gasteiger partial charge in [0, 0.05) is 0 Å². The maximum Gasteiger partial charge on any atom is 0.338 e. The van der Waals surface area contributed by atoms with Crippen LogP contribution in [0.5, 0.6) is 11.5 Å². The van der Waals surface area contributed by atoms with Crippen LogP contribution < -0.4 is 9.47 Å². The highest BCUT2D eigenvalue weighted by Gasteiger charge is 2.49. The van der Waals surface area contributed by atoms with Crippen LogP contribution in [-0.4, -0.2) is 69.2 Å². The fourth-order valence-electron chi connectivity index (χ4n) is 4.34. The highest BCUT2D eigenvalue weighted by atomic mass is 16.7. The molecule has 5 atom stereocenters. The molecular formula is C32H36O9. The van der Waals surface area contributed by atoms with Crippen LogP contribution in [0.3, 0.4) is 0 Å². The van der Waals surface area contributed by atoms with Crippen LogP contribution in [0, 0.1) is 0 Å². The Labute approximate surface area is 240 Å². The minimum atomic E-state index is -1.19. The van der Waals surface area contributed by atoms with Crippen molar-refractivity contribution in [1.29, 1.82) is 0 Å². The molecule has 0 aliphatic carbocycles. The van der Waals surface area contributed by atoms with Crippen LogP contribution in [0.4, 0.5) is 0 Å². The first-order valence-electron chi connectivity index (χ1n) is 13.3. The van der Waals surface area contributed by atoms with Gasteiger partial charge in [0.1, 0.15) is 29.8 Å². The lowest BCUT2D eigenvalue weighted by Crippen LogP contribution is -2.61. The monoisotopic (exact) mass is 564 g/mol. The van der Waals surface area contributed by atoms with Gasteiger partial charge in [-0.25, -0.2) is 4.79 Å². The van der Waals surface area contributed by atoms with E-state index in [1.807, 2.05) is 48.5 Å². The first-order chi connectivity index (χ1) is 20.0. The van der Waals surface area contributed by atoms with Gasteiger partial charge in [-0.1, -0.05) is 48.5 Å². The second-order valence-corrected chi connectivity index (χ2v) is 9.38. The van der Waals surface area contributed by atoms with E-state index in [4.69, 9.17) is 33.2 Å². The molecule has 0 radical (unpaired) electrons. The van der Waals surface area contributed by atoms with Gasteiger partial charge in [-0.2, -0.15) is 0 Å². The van der Waals surface area contributed by atoms with Crippen LogP contribution in [-0.2, 0) is 36.9 Å². The Kier molecular flexibility index (Phi) is 11.3. The summed E-state index contributed by atoms with van der Waals surface area (Å²) in [7, 11) is 3.20. The Balaban J connectivity index is 1.51. The zero-order chi connectivity index (χ0) is 29.0. The van der Waals surface area contributed by atoms with Crippen LogP contribution in [0.1, 0.15) is 21.5 Å². The number of ether oxygens (including phenoxy) is 7. The molecular weight excluding hydrogens is 528 g/mol. The van der Waals surface area contributed by atoms with E-state index in [0.717, 1.165) is 16.9 Å². The van der Waals surface area contributed by atoms with Crippen molar-refractivity contribution < 1.29 is 43.1 Å². The zero-order valence-corrected chi connectivity index (χ0v) is 23.2. The molecule has 0 aromatic heterocycles. The van der Waals surface area contributed by atoms with Crippen molar-refractivity contribution in [1.82, 2.24) is 0 Å². The fraction of sp³-hybridized carbons (Fsp3) is 0.344. The molecule has 0 unspecified atom stereocenters. The smallest absolute Gasteiger partial charge is 0.338 e. The number of hydrogen-bond acceptors (Lipinski definition) is 9. The van der Waals surface area contributed by atoms with Gasteiger partial charge in [-0.05, 0) is 47.5 Å². The van der Waals surface area contributed by atoms with Gasteiger partial charge in [0.25, 0.3) is 0 Å². The summed E-state index contributed by atoms with van der Waals surface area (Å²) in [6.07, 6.45) is -3.56. The minimum Gasteiger partial charge on any atom is -0.497 e. The van der Waals surface area contributed by atoms with Crippen LogP contribution in [0.2, 0.25) is 0 Å². The van der Waals surface area contributed by atoms with E-state index in [1.54, 1.807) is 50.6 Å². The molecule has 1 N–H and O–H groups in total. The molecule has 0 saturated carbocycles. The molecule has 3 aromatic carbocycles. The number of aliphatic hydroxyl groups is 1. The molecule has 1 aliphatic rings. The number of hydrogen-bond donors (Lipinski definition) is 1. The van der Waals surface area contributed by atoms with Crippen molar-refractivity contribution in [2.24, 2.45) is 0 Å². The molecule has 9 nitrogen and oxygen atoms in total. The normalized spacial score (nSPS) is 22.1. The molecule has 0 bridgehead atoms. The first-order valence-corrected chi connectivity index (χ1v) is 13.3. The van der Waals surface area contributed by atoms with E-state index < -0.39 is 36.7 Å². The van der Waals surface area contributed by atoms with Crippen molar-refractivity contribution in [2.75, 3.05) is 27.4 Å². The molecule has 218 valence electrons. The highest BCUT2D eigenvalue weighted by Crippen LogP contribution is 2.29. The lowest BCUT2D eigenvalue weighted by Gasteiger charge is -2.43. The van der Waals surface area contributed by atoms with Gasteiger partial charge in [0.2, 0.25) is 0 Å². The summed E-state index contributed by atoms with van der Waals surface area (Å²) < 4.78 is 40.4. The zero-order valence-electron chi connectivity index (χ0n) is 23.2. The standard InChI is InChI=1S/C32H36O9/c1-4-18-38-32-30(41-31(34)24-8-6-5-7-9-24)29(39-20-23-12-16-26(36-3)17-13-23)28(33)27(40-32)21-37-19-22-10-14-25(35-2)15-11-22/h4-17,27-30,32-33H,1,18-21H2,2-3H3/t27-,28-,29+,30-,32-/m1/s1. The van der Waals surface area contributed by atoms with E-state index in [9.17, 15) is 9.90 Å². The Morgan fingerprint density at radius 1 is 0.854 bits per heavy atom. The third-order valence-corrected chi connectivity index (χ3v) is 6.56. The van der Waals surface area contributed by atoms with Gasteiger partial charge < -0.3 is 38.3 Å². The molecule has 1 fully saturated rings. The maximum atomic E-state index is 13.0. The number of carbonyl (C=O) groups excluding carboxylic acids is 1. The lowest BCUT2D eigenvalue weighted by molar-refractivity contribution is -0.307. The van der Waals surface area contributed by atoms with E-state index in [0.29, 0.717) is 17.9 Å². The topological polar surface area (TPSA) is 102 Å². The van der Waals surface area contributed by atoms with E-state index in [1.165, 1.54) is 0 Å². The molecule has 3 aromatic rings. The van der Waals surface area contributed by atoms with E-state index in [2.05, 4.69) is 6.58 Å². The molecule has 0 amide bonds. The third kappa shape index (κ3) is 8.39. The quantitative estimate of drug-likeness (QED) is 0.227. The molecule has 1 saturated heterocycles. The Morgan fingerprint density at radius 2 is 1.46 bits per heavy atom. The number of aliphatic hydroxyl groups excluding tert-OH is 1. The number of carbonyl (C=O) groups is 1. The van der Waals surface area contributed by atoms with Crippen molar-refractivity contribution >= 4 is 5.97 Å². The molecule has 1 aliphatic heterocycles. The average molecular weight is 565 g/mol. The Bertz CT molecular complexity index is 1210. The predicted octanol–water partition coefficient (Wildman–Crippen LogP) is 4.32. The van der Waals surface area contributed by atoms with Crippen molar-refractivity contribution in [3.63, 3.8) is 0 Å². The number of benzene rings is 3. The Hall–Kier alpha value is -3.73. The van der Waals surface area contributed by atoms with E-state index >= 15 is 0 Å². The molecule has 0 spiro atoms. The molecule has 41 heavy (non-hydrogen) atoms. The summed E-state index contributed by atoms with van der Waals surface area (Å²) in [5.41, 5.74) is 2.12. The second kappa shape index (κ2) is 15.3. The first kappa shape index (κ1) is 30.2. The van der Waals surface area contributed by atoms with Crippen LogP contribution >= 0.6 is 0 Å². The fourth-order valence-corrected chi connectivity index (χ4v) is 4.34. The summed E-state index contributed by atoms with van der Waals surface area (Å²) in [5, 5.41) is 11.4. The summed E-state index contributed by atoms with van der Waals surface area (Å²) in [6.45, 7) is 4.31. The summed E-state index contributed by atoms with van der Waals surface area (Å²) in [5.74, 6) is 0.863. The predicted molar refractivity (Wildman–Crippen MR) is 151 cm³/mol. The maximum absolute atomic E-state index is 13.0. The van der Waals surface area contributed by atoms with Crippen molar-refractivity contribution in [2.45, 2.75) is 43.9 Å². The van der Waals surface area contributed by atoms with Crippen molar-refractivity contribution in [3.05, 3.63) is 108 Å². The SMILES string of the molecule is C=CCO[C@@H]1O[C@H](COCc2ccc(OC)cc2)[C@@H](O)[C@H](OCc2ccc(OC)cc2)[C@H]1OC(=O)c1ccccc1. The van der Waals surface area contributed by atoms with Gasteiger partial charge in [0.15, 0.2) is 12.4 Å². The Morgan fingerprint density at radius 3 is 2.05 bits per heavy atom. The number of rotatable bonds is 14. The van der Waals surface area contributed by atoms with Crippen LogP contribution in [0.25, 0.3) is 0 Å². The molecule has 1 heterocycles. The number of methoxy groups -OCH3 is 2. The lowest BCUT2D eigenvalue weighted by atomic mass is 9.98. The highest BCUT2D eigenvalue weighted by molar-refractivity contribution is 5.89. The average Bonchev–Trinajstić information content (AvgIpc) is 3.02. The largest absolute Gasteiger partial charge is 0.497 e. The summed E-state index contributed by atoms with van der Waals surface area (Å²) in [4.78, 5) is 13.0. The van der Waals surface area contributed by atoms with Gasteiger partial charge in [-0.15, -0.1) is 6.58 Å². The van der Waals surface area contributed by atoms with Gasteiger partial charge in [-0.3, -0.25) is 0 Å².